The van der Waals surface area contributed by atoms with Crippen LogP contribution in [-0.4, -0.2) is 28.5 Å². The second-order valence-corrected chi connectivity index (χ2v) is 11.9. The van der Waals surface area contributed by atoms with E-state index in [0.717, 1.165) is 45.2 Å². The second kappa shape index (κ2) is 6.20. The van der Waals surface area contributed by atoms with E-state index in [0.29, 0.717) is 21.3 Å². The molecule has 1 aliphatic heterocycles. The molecule has 1 aromatic rings. The average molecular weight is 464 g/mol. The number of nitrogens with one attached hydrogen (secondary N) is 2. The molecule has 26 heavy (non-hydrogen) atoms. The molecule has 5 aliphatic rings. The molecule has 2 N–H and O–H groups in total. The minimum Gasteiger partial charge on any atom is -0.353 e. The van der Waals surface area contributed by atoms with Crippen molar-refractivity contribution in [2.75, 3.05) is 13.1 Å². The van der Waals surface area contributed by atoms with Crippen molar-refractivity contribution in [2.24, 2.45) is 11.3 Å². The Bertz CT molecular complexity index is 703. The van der Waals surface area contributed by atoms with Gasteiger partial charge in [-0.05, 0) is 81.4 Å². The van der Waals surface area contributed by atoms with Crippen molar-refractivity contribution < 1.29 is 4.79 Å². The Labute approximate surface area is 170 Å². The average Bonchev–Trinajstić information content (AvgIpc) is 2.61. The van der Waals surface area contributed by atoms with Crippen LogP contribution in [-0.2, 0) is 10.2 Å². The Balaban J connectivity index is 1.46. The third kappa shape index (κ3) is 2.83. The number of hydrogen-bond donors (Lipinski definition) is 2. The Morgan fingerprint density at radius 2 is 1.81 bits per heavy atom. The maximum absolute atomic E-state index is 13.5. The highest BCUT2D eigenvalue weighted by Crippen LogP contribution is 2.69. The van der Waals surface area contributed by atoms with Gasteiger partial charge in [0.2, 0.25) is 5.91 Å². The first-order chi connectivity index (χ1) is 12.5. The number of amides is 1. The van der Waals surface area contributed by atoms with Crippen molar-refractivity contribution in [3.8, 4) is 0 Å². The fourth-order valence-electron chi connectivity index (χ4n) is 6.99. The fraction of sp³-hybridized carbons (Fsp3) is 0.682. The summed E-state index contributed by atoms with van der Waals surface area (Å²) in [6.07, 6.45) is 9.25. The third-order valence-corrected chi connectivity index (χ3v) is 8.75. The standard InChI is InChI=1S/C22H29IN2O/c23-22-12-16-10-20(14-22,17-4-2-1-3-5-17)13-21(11-16,15-22)19(26)25-18-6-8-24-9-7-18/h1-5,16,18,24H,6-15H2,(H,25,26)/t16?,20-,21?,22-/m0/s1. The summed E-state index contributed by atoms with van der Waals surface area (Å²) < 4.78 is 0.304. The lowest BCUT2D eigenvalue weighted by Gasteiger charge is -2.64. The first-order valence-electron chi connectivity index (χ1n) is 10.3. The van der Waals surface area contributed by atoms with E-state index in [1.807, 2.05) is 0 Å². The van der Waals surface area contributed by atoms with Crippen LogP contribution in [0.4, 0.5) is 0 Å². The molecule has 0 radical (unpaired) electrons. The number of alkyl halides is 1. The molecule has 1 aromatic carbocycles. The van der Waals surface area contributed by atoms with E-state index in [1.54, 1.807) is 0 Å². The quantitative estimate of drug-likeness (QED) is 0.526. The highest BCUT2D eigenvalue weighted by atomic mass is 127. The van der Waals surface area contributed by atoms with E-state index in [4.69, 9.17) is 0 Å². The molecule has 4 bridgehead atoms. The molecule has 4 aliphatic carbocycles. The van der Waals surface area contributed by atoms with Crippen LogP contribution >= 0.6 is 22.6 Å². The third-order valence-electron chi connectivity index (χ3n) is 7.54. The van der Waals surface area contributed by atoms with Gasteiger partial charge in [-0.15, -0.1) is 0 Å². The predicted octanol–water partition coefficient (Wildman–Crippen LogP) is 3.95. The van der Waals surface area contributed by atoms with E-state index in [1.165, 1.54) is 24.8 Å². The van der Waals surface area contributed by atoms with E-state index < -0.39 is 0 Å². The maximum Gasteiger partial charge on any atom is 0.226 e. The summed E-state index contributed by atoms with van der Waals surface area (Å²) in [5.74, 6) is 1.08. The van der Waals surface area contributed by atoms with Crippen LogP contribution < -0.4 is 10.6 Å². The molecule has 2 unspecified atom stereocenters. The zero-order valence-electron chi connectivity index (χ0n) is 15.4. The van der Waals surface area contributed by atoms with E-state index >= 15 is 0 Å². The monoisotopic (exact) mass is 464 g/mol. The Kier molecular flexibility index (Phi) is 4.16. The molecule has 5 fully saturated rings. The molecule has 4 heteroatoms. The molecule has 6 rings (SSSR count). The molecule has 1 saturated heterocycles. The first kappa shape index (κ1) is 17.5. The minimum atomic E-state index is -0.138. The van der Waals surface area contributed by atoms with Crippen molar-refractivity contribution in [1.82, 2.24) is 10.6 Å². The van der Waals surface area contributed by atoms with Crippen LogP contribution in [0.15, 0.2) is 30.3 Å². The van der Waals surface area contributed by atoms with Gasteiger partial charge >= 0.3 is 0 Å². The molecule has 0 spiro atoms. The molecule has 4 saturated carbocycles. The number of carbonyl (C=O) groups excluding carboxylic acids is 1. The fourth-order valence-corrected chi connectivity index (χ4v) is 9.07. The zero-order valence-corrected chi connectivity index (χ0v) is 17.6. The lowest BCUT2D eigenvalue weighted by atomic mass is 9.42. The van der Waals surface area contributed by atoms with Crippen LogP contribution in [0.2, 0.25) is 0 Å². The zero-order chi connectivity index (χ0) is 17.8. The number of piperidine rings is 1. The Morgan fingerprint density at radius 1 is 1.04 bits per heavy atom. The molecular weight excluding hydrogens is 435 g/mol. The molecule has 1 amide bonds. The first-order valence-corrected chi connectivity index (χ1v) is 11.4. The largest absolute Gasteiger partial charge is 0.353 e. The summed E-state index contributed by atoms with van der Waals surface area (Å²) in [4.78, 5) is 13.5. The van der Waals surface area contributed by atoms with Gasteiger partial charge in [-0.2, -0.15) is 0 Å². The molecule has 4 atom stereocenters. The number of hydrogen-bond acceptors (Lipinski definition) is 2. The smallest absolute Gasteiger partial charge is 0.226 e. The predicted molar refractivity (Wildman–Crippen MR) is 113 cm³/mol. The molecule has 1 heterocycles. The van der Waals surface area contributed by atoms with Crippen LogP contribution in [0.5, 0.6) is 0 Å². The maximum atomic E-state index is 13.5. The summed E-state index contributed by atoms with van der Waals surface area (Å²) in [5, 5.41) is 6.88. The summed E-state index contributed by atoms with van der Waals surface area (Å²) in [7, 11) is 0. The van der Waals surface area contributed by atoms with Gasteiger partial charge in [0, 0.05) is 9.46 Å². The van der Waals surface area contributed by atoms with Crippen molar-refractivity contribution >= 4 is 28.5 Å². The van der Waals surface area contributed by atoms with Gasteiger partial charge in [0.05, 0.1) is 5.41 Å². The van der Waals surface area contributed by atoms with Gasteiger partial charge in [0.15, 0.2) is 0 Å². The highest BCUT2D eigenvalue weighted by Gasteiger charge is 2.65. The van der Waals surface area contributed by atoms with E-state index in [2.05, 4.69) is 63.6 Å². The number of carbonyl (C=O) groups is 1. The Hall–Kier alpha value is -0.620. The SMILES string of the molecule is O=C(NC1CCNCC1)C12CC3C[C@@](I)(C1)C[C@](c1ccccc1)(C3)C2. The van der Waals surface area contributed by atoms with Crippen LogP contribution in [0.3, 0.4) is 0 Å². The number of halogens is 1. The lowest BCUT2D eigenvalue weighted by molar-refractivity contribution is -0.146. The molecule has 140 valence electrons. The van der Waals surface area contributed by atoms with E-state index in [9.17, 15) is 4.79 Å². The molecular formula is C22H29IN2O. The topological polar surface area (TPSA) is 41.1 Å². The summed E-state index contributed by atoms with van der Waals surface area (Å²) in [6.45, 7) is 2.06. The second-order valence-electron chi connectivity index (χ2n) is 9.58. The van der Waals surface area contributed by atoms with Crippen LogP contribution in [0.25, 0.3) is 0 Å². The minimum absolute atomic E-state index is 0.138. The number of rotatable bonds is 3. The lowest BCUT2D eigenvalue weighted by Crippen LogP contribution is -2.64. The normalized spacial score (nSPS) is 42.0. The van der Waals surface area contributed by atoms with Gasteiger partial charge in [-0.25, -0.2) is 0 Å². The summed E-state index contributed by atoms with van der Waals surface area (Å²) >= 11 is 2.73. The molecule has 0 aromatic heterocycles. The van der Waals surface area contributed by atoms with Gasteiger partial charge in [-0.3, -0.25) is 4.79 Å². The number of benzene rings is 1. The molecule has 3 nitrogen and oxygen atoms in total. The van der Waals surface area contributed by atoms with Gasteiger partial charge in [-0.1, -0.05) is 52.9 Å². The van der Waals surface area contributed by atoms with Crippen molar-refractivity contribution in [3.05, 3.63) is 35.9 Å². The van der Waals surface area contributed by atoms with Crippen molar-refractivity contribution in [3.63, 3.8) is 0 Å². The van der Waals surface area contributed by atoms with Crippen molar-refractivity contribution in [2.45, 2.75) is 66.2 Å². The van der Waals surface area contributed by atoms with Crippen LogP contribution in [0, 0.1) is 11.3 Å². The highest BCUT2D eigenvalue weighted by molar-refractivity contribution is 14.1. The van der Waals surface area contributed by atoms with Gasteiger partial charge in [0.1, 0.15) is 0 Å². The Morgan fingerprint density at radius 3 is 2.54 bits per heavy atom. The van der Waals surface area contributed by atoms with Crippen molar-refractivity contribution in [1.29, 1.82) is 0 Å². The summed E-state index contributed by atoms with van der Waals surface area (Å²) in [6, 6.07) is 11.5. The van der Waals surface area contributed by atoms with Gasteiger partial charge < -0.3 is 10.6 Å². The van der Waals surface area contributed by atoms with Crippen LogP contribution in [0.1, 0.15) is 56.9 Å². The van der Waals surface area contributed by atoms with E-state index in [-0.39, 0.29) is 10.8 Å². The summed E-state index contributed by atoms with van der Waals surface area (Å²) in [5.41, 5.74) is 1.55. The van der Waals surface area contributed by atoms with Gasteiger partial charge in [0.25, 0.3) is 0 Å².